The molecular weight excluding hydrogens is 551 g/mol. The van der Waals surface area contributed by atoms with Crippen LogP contribution in [0.15, 0.2) is 84.6 Å². The molecule has 9 heteroatoms. The molecule has 0 saturated carbocycles. The van der Waals surface area contributed by atoms with Crippen LogP contribution in [0.25, 0.3) is 32.9 Å². The van der Waals surface area contributed by atoms with Crippen molar-refractivity contribution in [2.24, 2.45) is 0 Å². The molecule has 0 amide bonds. The summed E-state index contributed by atoms with van der Waals surface area (Å²) in [7, 11) is 3.25. The van der Waals surface area contributed by atoms with Crippen LogP contribution in [-0.2, 0) is 16.0 Å². The number of fused-ring (bicyclic) bond motifs is 1. The number of imidazole rings is 1. The third kappa shape index (κ3) is 6.32. The second-order valence-electron chi connectivity index (χ2n) is 9.74. The number of carbonyl (C=O) groups is 1. The quantitative estimate of drug-likeness (QED) is 0.168. The summed E-state index contributed by atoms with van der Waals surface area (Å²) in [6.45, 7) is 2.12. The fraction of sp³-hybridized carbons (Fsp3) is 0.182. The summed E-state index contributed by atoms with van der Waals surface area (Å²) in [5.74, 6) is 0.946. The van der Waals surface area contributed by atoms with E-state index in [1.54, 1.807) is 32.7 Å². The predicted octanol–water partition coefficient (Wildman–Crippen LogP) is 8.16. The molecule has 0 spiro atoms. The van der Waals surface area contributed by atoms with Crippen molar-refractivity contribution in [3.05, 3.63) is 107 Å². The lowest BCUT2D eigenvalue weighted by Crippen LogP contribution is -1.98. The van der Waals surface area contributed by atoms with Crippen molar-refractivity contribution in [1.82, 2.24) is 19.9 Å². The van der Waals surface area contributed by atoms with Gasteiger partial charge in [0.1, 0.15) is 22.9 Å². The Balaban J connectivity index is 0.00000113. The van der Waals surface area contributed by atoms with Gasteiger partial charge in [-0.05, 0) is 35.7 Å². The molecule has 2 N–H and O–H groups in total. The first kappa shape index (κ1) is 28.9. The first-order valence-electron chi connectivity index (χ1n) is 13.5. The Hall–Kier alpha value is -4.60. The zero-order chi connectivity index (χ0) is 29.5. The van der Waals surface area contributed by atoms with E-state index < -0.39 is 5.82 Å². The number of ether oxygens (including phenoxy) is 2. The standard InChI is InChI=1S/C31H25FN4O2S.C2H6O/c1-19(21-7-2-5-20(15-21)6-4-13-37)27-18-35-30(36-27)22-8-3-9-23(16-22)38-29-25(32)17-26-24(10-11-33-26)28(29)31-34-12-14-39-31;1-3-2/h2-3,5,7-19,33H,4,6H2,1H3,(H,35,36);1-2H3. The minimum Gasteiger partial charge on any atom is -0.453 e. The number of carbonyl (C=O) groups excluding carboxylic acids is 1. The fourth-order valence-corrected chi connectivity index (χ4v) is 5.46. The summed E-state index contributed by atoms with van der Waals surface area (Å²) in [5, 5.41) is 3.39. The van der Waals surface area contributed by atoms with E-state index in [1.165, 1.54) is 17.4 Å². The molecule has 6 aromatic rings. The highest BCUT2D eigenvalue weighted by molar-refractivity contribution is 7.13. The maximum absolute atomic E-state index is 15.3. The van der Waals surface area contributed by atoms with Gasteiger partial charge in [0.15, 0.2) is 11.6 Å². The molecule has 0 saturated heterocycles. The van der Waals surface area contributed by atoms with Crippen molar-refractivity contribution in [3.8, 4) is 33.5 Å². The largest absolute Gasteiger partial charge is 0.453 e. The SMILES string of the molecule is CC(c1cccc(CCC=O)c1)c1cnc(-c2cccc(Oc3c(F)cc4[nH]ccc4c3-c3nccs3)c2)[nH]1.COC. The Bertz CT molecular complexity index is 1780. The van der Waals surface area contributed by atoms with Crippen molar-refractivity contribution in [2.75, 3.05) is 14.2 Å². The number of hydrogen-bond acceptors (Lipinski definition) is 6. The number of methoxy groups -OCH3 is 1. The molecule has 0 fully saturated rings. The minimum absolute atomic E-state index is 0.0879. The van der Waals surface area contributed by atoms with Gasteiger partial charge in [0.2, 0.25) is 0 Å². The van der Waals surface area contributed by atoms with E-state index in [1.807, 2.05) is 48.0 Å². The van der Waals surface area contributed by atoms with Crippen molar-refractivity contribution in [3.63, 3.8) is 0 Å². The number of H-pyrrole nitrogens is 2. The molecule has 3 aromatic heterocycles. The minimum atomic E-state index is -0.468. The summed E-state index contributed by atoms with van der Waals surface area (Å²) < 4.78 is 25.7. The number of nitrogens with one attached hydrogen (secondary N) is 2. The second-order valence-corrected chi connectivity index (χ2v) is 10.6. The first-order chi connectivity index (χ1) is 20.5. The molecule has 1 unspecified atom stereocenters. The van der Waals surface area contributed by atoms with Crippen LogP contribution in [0.3, 0.4) is 0 Å². The van der Waals surface area contributed by atoms with Gasteiger partial charge >= 0.3 is 0 Å². The number of hydrogen-bond donors (Lipinski definition) is 2. The monoisotopic (exact) mass is 582 g/mol. The number of aromatic nitrogens is 4. The predicted molar refractivity (Wildman–Crippen MR) is 165 cm³/mol. The maximum Gasteiger partial charge on any atom is 0.174 e. The molecule has 7 nitrogen and oxygen atoms in total. The Morgan fingerprint density at radius 2 is 1.90 bits per heavy atom. The fourth-order valence-electron chi connectivity index (χ4n) is 4.76. The van der Waals surface area contributed by atoms with Crippen molar-refractivity contribution >= 4 is 28.5 Å². The lowest BCUT2D eigenvalue weighted by atomic mass is 9.95. The Morgan fingerprint density at radius 1 is 1.07 bits per heavy atom. The van der Waals surface area contributed by atoms with Crippen LogP contribution < -0.4 is 4.74 Å². The van der Waals surface area contributed by atoms with E-state index in [0.717, 1.165) is 40.5 Å². The third-order valence-electron chi connectivity index (χ3n) is 6.80. The Morgan fingerprint density at radius 3 is 2.69 bits per heavy atom. The number of benzene rings is 3. The number of thiazole rings is 1. The average Bonchev–Trinajstić information content (AvgIpc) is 3.79. The molecule has 0 aliphatic rings. The zero-order valence-corrected chi connectivity index (χ0v) is 24.4. The van der Waals surface area contributed by atoms with Crippen LogP contribution in [0.4, 0.5) is 4.39 Å². The summed E-state index contributed by atoms with van der Waals surface area (Å²) in [6.07, 6.45) is 7.51. The molecule has 42 heavy (non-hydrogen) atoms. The average molecular weight is 583 g/mol. The maximum atomic E-state index is 15.3. The van der Waals surface area contributed by atoms with Gasteiger partial charge < -0.3 is 24.2 Å². The van der Waals surface area contributed by atoms with Gasteiger partial charge in [-0.15, -0.1) is 11.3 Å². The molecule has 0 bridgehead atoms. The van der Waals surface area contributed by atoms with Gasteiger partial charge in [-0.3, -0.25) is 0 Å². The molecule has 0 aliphatic carbocycles. The Kier molecular flexibility index (Phi) is 9.21. The number of aryl methyl sites for hydroxylation is 1. The summed E-state index contributed by atoms with van der Waals surface area (Å²) in [4.78, 5) is 26.3. The van der Waals surface area contributed by atoms with E-state index in [4.69, 9.17) is 4.74 Å². The van der Waals surface area contributed by atoms with Crippen molar-refractivity contribution < 1.29 is 18.7 Å². The smallest absolute Gasteiger partial charge is 0.174 e. The van der Waals surface area contributed by atoms with Crippen LogP contribution in [0.2, 0.25) is 0 Å². The van der Waals surface area contributed by atoms with Gasteiger partial charge in [0, 0.05) is 78.8 Å². The number of aromatic amines is 2. The number of rotatable bonds is 9. The molecule has 3 aromatic carbocycles. The lowest BCUT2D eigenvalue weighted by Gasteiger charge is -2.13. The van der Waals surface area contributed by atoms with Crippen molar-refractivity contribution in [2.45, 2.75) is 25.7 Å². The van der Waals surface area contributed by atoms with Crippen molar-refractivity contribution in [1.29, 1.82) is 0 Å². The topological polar surface area (TPSA) is 92.9 Å². The van der Waals surface area contributed by atoms with Crippen LogP contribution >= 0.6 is 11.3 Å². The highest BCUT2D eigenvalue weighted by Gasteiger charge is 2.21. The molecular formula is C33H31FN4O3S. The van der Waals surface area contributed by atoms with Crippen LogP contribution in [0.5, 0.6) is 11.5 Å². The highest BCUT2D eigenvalue weighted by atomic mass is 32.1. The molecule has 0 aliphatic heterocycles. The van der Waals surface area contributed by atoms with Crippen LogP contribution in [0, 0.1) is 5.82 Å². The van der Waals surface area contributed by atoms with E-state index in [-0.39, 0.29) is 11.7 Å². The van der Waals surface area contributed by atoms with Crippen LogP contribution in [-0.4, -0.2) is 40.4 Å². The highest BCUT2D eigenvalue weighted by Crippen LogP contribution is 2.42. The molecule has 6 rings (SSSR count). The summed E-state index contributed by atoms with van der Waals surface area (Å²) in [5.41, 5.74) is 5.39. The second kappa shape index (κ2) is 13.4. The molecule has 0 radical (unpaired) electrons. The van der Waals surface area contributed by atoms with Gasteiger partial charge in [-0.25, -0.2) is 14.4 Å². The summed E-state index contributed by atoms with van der Waals surface area (Å²) >= 11 is 1.43. The first-order valence-corrected chi connectivity index (χ1v) is 14.4. The van der Waals surface area contributed by atoms with Gasteiger partial charge in [0.25, 0.3) is 0 Å². The summed E-state index contributed by atoms with van der Waals surface area (Å²) in [6, 6.07) is 19.1. The van der Waals surface area contributed by atoms with Gasteiger partial charge in [-0.2, -0.15) is 0 Å². The van der Waals surface area contributed by atoms with E-state index in [2.05, 4.69) is 43.7 Å². The molecule has 3 heterocycles. The van der Waals surface area contributed by atoms with Crippen LogP contribution in [0.1, 0.15) is 36.1 Å². The Labute approximate surface area is 247 Å². The number of aldehydes is 1. The number of nitrogens with zero attached hydrogens (tertiary/aromatic N) is 2. The third-order valence-corrected chi connectivity index (χ3v) is 7.59. The van der Waals surface area contributed by atoms with Gasteiger partial charge in [0.05, 0.1) is 5.56 Å². The van der Waals surface area contributed by atoms with E-state index in [0.29, 0.717) is 34.1 Å². The van der Waals surface area contributed by atoms with Gasteiger partial charge in [-0.1, -0.05) is 43.3 Å². The normalized spacial score (nSPS) is 11.6. The molecule has 214 valence electrons. The number of halogens is 1. The van der Waals surface area contributed by atoms with E-state index >= 15 is 4.39 Å². The molecule has 1 atom stereocenters. The zero-order valence-electron chi connectivity index (χ0n) is 23.6. The lowest BCUT2D eigenvalue weighted by molar-refractivity contribution is -0.107. The van der Waals surface area contributed by atoms with E-state index in [9.17, 15) is 4.79 Å².